The quantitative estimate of drug-likeness (QED) is 0.893. The first-order valence-corrected chi connectivity index (χ1v) is 7.62. The molecule has 4 heteroatoms. The van der Waals surface area contributed by atoms with E-state index in [0.717, 1.165) is 40.7 Å². The van der Waals surface area contributed by atoms with Gasteiger partial charge in [-0.3, -0.25) is 0 Å². The average Bonchev–Trinajstić information content (AvgIpc) is 3.01. The van der Waals surface area contributed by atoms with Gasteiger partial charge in [0.05, 0.1) is 10.2 Å². The van der Waals surface area contributed by atoms with Gasteiger partial charge >= 0.3 is 0 Å². The molecule has 3 nitrogen and oxygen atoms in total. The molecule has 2 unspecified atom stereocenters. The van der Waals surface area contributed by atoms with Gasteiger partial charge in [0.15, 0.2) is 0 Å². The highest BCUT2D eigenvalue weighted by Gasteiger charge is 2.37. The summed E-state index contributed by atoms with van der Waals surface area (Å²) in [6, 6.07) is 0. The van der Waals surface area contributed by atoms with E-state index in [2.05, 4.69) is 53.9 Å². The Hall–Kier alpha value is -0.640. The summed E-state index contributed by atoms with van der Waals surface area (Å²) in [5.74, 6) is 3.90. The minimum atomic E-state index is 0.571. The van der Waals surface area contributed by atoms with E-state index in [-0.39, 0.29) is 0 Å². The van der Waals surface area contributed by atoms with Gasteiger partial charge in [-0.05, 0) is 47.5 Å². The van der Waals surface area contributed by atoms with Crippen molar-refractivity contribution >= 4 is 21.7 Å². The molecule has 2 rings (SSSR count). The number of hydrogen-bond donors (Lipinski definition) is 1. The third kappa shape index (κ3) is 3.02. The molecular weight excluding hydrogens is 290 g/mol. The first-order chi connectivity index (χ1) is 8.52. The van der Waals surface area contributed by atoms with Crippen LogP contribution in [0.3, 0.4) is 0 Å². The molecule has 0 spiro atoms. The Labute approximate surface area is 118 Å². The first-order valence-electron chi connectivity index (χ1n) is 6.83. The summed E-state index contributed by atoms with van der Waals surface area (Å²) in [7, 11) is 0. The van der Waals surface area contributed by atoms with E-state index < -0.39 is 0 Å². The molecule has 0 amide bonds. The van der Waals surface area contributed by atoms with Crippen molar-refractivity contribution in [1.82, 2.24) is 9.97 Å². The molecule has 1 fully saturated rings. The van der Waals surface area contributed by atoms with Gasteiger partial charge in [0.1, 0.15) is 11.6 Å². The molecule has 1 saturated carbocycles. The van der Waals surface area contributed by atoms with Crippen LogP contribution in [0.2, 0.25) is 0 Å². The second kappa shape index (κ2) is 5.55. The third-order valence-electron chi connectivity index (χ3n) is 3.32. The van der Waals surface area contributed by atoms with Gasteiger partial charge in [-0.1, -0.05) is 20.8 Å². The van der Waals surface area contributed by atoms with E-state index in [0.29, 0.717) is 11.8 Å². The normalized spacial score (nSPS) is 22.3. The largest absolute Gasteiger partial charge is 0.369 e. The fraction of sp³-hybridized carbons (Fsp3) is 0.714. The molecule has 1 aromatic heterocycles. The Bertz CT molecular complexity index is 431. The summed E-state index contributed by atoms with van der Waals surface area (Å²) >= 11 is 3.64. The molecule has 0 aromatic carbocycles. The molecule has 1 N–H and O–H groups in total. The van der Waals surface area contributed by atoms with Gasteiger partial charge in [0.25, 0.3) is 0 Å². The van der Waals surface area contributed by atoms with Crippen LogP contribution in [-0.4, -0.2) is 16.5 Å². The van der Waals surface area contributed by atoms with Crippen LogP contribution in [0.25, 0.3) is 0 Å². The molecule has 2 atom stereocenters. The van der Waals surface area contributed by atoms with Crippen LogP contribution in [0.1, 0.15) is 51.6 Å². The number of rotatable bonds is 5. The van der Waals surface area contributed by atoms with Gasteiger partial charge in [-0.25, -0.2) is 9.97 Å². The van der Waals surface area contributed by atoms with Gasteiger partial charge in [0.2, 0.25) is 0 Å². The molecule has 1 heterocycles. The van der Waals surface area contributed by atoms with Gasteiger partial charge in [-0.2, -0.15) is 0 Å². The third-order valence-corrected chi connectivity index (χ3v) is 4.16. The molecule has 1 aromatic rings. The Morgan fingerprint density at radius 2 is 2.06 bits per heavy atom. The summed E-state index contributed by atoms with van der Waals surface area (Å²) in [6.07, 6.45) is 2.23. The first kappa shape index (κ1) is 13.8. The van der Waals surface area contributed by atoms with E-state index in [1.165, 1.54) is 6.42 Å². The maximum atomic E-state index is 4.77. The zero-order valence-corrected chi connectivity index (χ0v) is 13.2. The van der Waals surface area contributed by atoms with Crippen molar-refractivity contribution in [2.75, 3.05) is 11.9 Å². The number of anilines is 1. The van der Waals surface area contributed by atoms with E-state index >= 15 is 0 Å². The van der Waals surface area contributed by atoms with Crippen LogP contribution in [0.5, 0.6) is 0 Å². The van der Waals surface area contributed by atoms with Crippen LogP contribution in [0, 0.1) is 11.8 Å². The fourth-order valence-corrected chi connectivity index (χ4v) is 2.65. The molecule has 0 saturated heterocycles. The minimum absolute atomic E-state index is 0.571. The number of halogens is 1. The van der Waals surface area contributed by atoms with Crippen molar-refractivity contribution in [2.45, 2.75) is 46.5 Å². The number of nitrogens with zero attached hydrogens (tertiary/aromatic N) is 2. The zero-order valence-electron chi connectivity index (χ0n) is 11.6. The molecule has 0 aliphatic heterocycles. The predicted molar refractivity (Wildman–Crippen MR) is 79.0 cm³/mol. The van der Waals surface area contributed by atoms with Crippen molar-refractivity contribution in [2.24, 2.45) is 11.8 Å². The van der Waals surface area contributed by atoms with E-state index in [1.807, 2.05) is 0 Å². The highest BCUT2D eigenvalue weighted by molar-refractivity contribution is 9.10. The summed E-state index contributed by atoms with van der Waals surface area (Å²) in [5, 5.41) is 3.33. The summed E-state index contributed by atoms with van der Waals surface area (Å²) < 4.78 is 1.04. The second-order valence-corrected chi connectivity index (χ2v) is 6.43. The van der Waals surface area contributed by atoms with Gasteiger partial charge < -0.3 is 5.32 Å². The van der Waals surface area contributed by atoms with Crippen LogP contribution in [0.4, 0.5) is 5.82 Å². The Morgan fingerprint density at radius 1 is 1.39 bits per heavy atom. The highest BCUT2D eigenvalue weighted by Crippen LogP contribution is 2.46. The van der Waals surface area contributed by atoms with Crippen LogP contribution >= 0.6 is 15.9 Å². The topological polar surface area (TPSA) is 37.8 Å². The van der Waals surface area contributed by atoms with Crippen molar-refractivity contribution < 1.29 is 0 Å². The van der Waals surface area contributed by atoms with Crippen LogP contribution in [-0.2, 0) is 6.42 Å². The average molecular weight is 312 g/mol. The molecule has 100 valence electrons. The maximum Gasteiger partial charge on any atom is 0.144 e. The Balaban J connectivity index is 2.34. The summed E-state index contributed by atoms with van der Waals surface area (Å²) in [5.41, 5.74) is 1.14. The SMILES string of the molecule is CCNc1nc(C2CC2C)nc(CC(C)C)c1Br. The molecule has 18 heavy (non-hydrogen) atoms. The smallest absolute Gasteiger partial charge is 0.144 e. The van der Waals surface area contributed by atoms with Crippen LogP contribution < -0.4 is 5.32 Å². The van der Waals surface area contributed by atoms with Crippen molar-refractivity contribution in [3.8, 4) is 0 Å². The molecule has 1 aliphatic carbocycles. The minimum Gasteiger partial charge on any atom is -0.369 e. The zero-order chi connectivity index (χ0) is 13.3. The molecular formula is C14H22BrN3. The lowest BCUT2D eigenvalue weighted by atomic mass is 10.1. The van der Waals surface area contributed by atoms with Crippen LogP contribution in [0.15, 0.2) is 4.47 Å². The van der Waals surface area contributed by atoms with E-state index in [9.17, 15) is 0 Å². The predicted octanol–water partition coefficient (Wildman–Crippen LogP) is 3.99. The number of aromatic nitrogens is 2. The number of nitrogens with one attached hydrogen (secondary N) is 1. The Kier molecular flexibility index (Phi) is 4.25. The van der Waals surface area contributed by atoms with Gasteiger partial charge in [-0.15, -0.1) is 0 Å². The standard InChI is InChI=1S/C14H22BrN3/c1-5-16-14-12(15)11(6-8(2)3)17-13(18-14)10-7-9(10)4/h8-10H,5-7H2,1-4H3,(H,16,17,18). The summed E-state index contributed by atoms with van der Waals surface area (Å²) in [4.78, 5) is 9.44. The number of hydrogen-bond acceptors (Lipinski definition) is 3. The summed E-state index contributed by atoms with van der Waals surface area (Å²) in [6.45, 7) is 9.69. The fourth-order valence-electron chi connectivity index (χ4n) is 2.17. The van der Waals surface area contributed by atoms with Crippen molar-refractivity contribution in [1.29, 1.82) is 0 Å². The van der Waals surface area contributed by atoms with E-state index in [1.54, 1.807) is 0 Å². The Morgan fingerprint density at radius 3 is 2.56 bits per heavy atom. The van der Waals surface area contributed by atoms with Crippen molar-refractivity contribution in [3.05, 3.63) is 16.0 Å². The molecule has 0 bridgehead atoms. The van der Waals surface area contributed by atoms with Gasteiger partial charge in [0, 0.05) is 12.5 Å². The molecule has 0 radical (unpaired) electrons. The lowest BCUT2D eigenvalue weighted by Crippen LogP contribution is -2.09. The maximum absolute atomic E-state index is 4.77. The highest BCUT2D eigenvalue weighted by atomic mass is 79.9. The lowest BCUT2D eigenvalue weighted by Gasteiger charge is -2.13. The second-order valence-electron chi connectivity index (χ2n) is 5.64. The van der Waals surface area contributed by atoms with Crippen molar-refractivity contribution in [3.63, 3.8) is 0 Å². The molecule has 1 aliphatic rings. The van der Waals surface area contributed by atoms with E-state index in [4.69, 9.17) is 4.98 Å². The monoisotopic (exact) mass is 311 g/mol. The lowest BCUT2D eigenvalue weighted by molar-refractivity contribution is 0.627.